The van der Waals surface area contributed by atoms with Gasteiger partial charge in [-0.3, -0.25) is 0 Å². The molecule has 0 atom stereocenters. The SMILES string of the molecule is Clc1cccc2ccc[c-]c12.F[B-](F)(F)F.[K+]. The Bertz CT molecular complexity index is 464. The summed E-state index contributed by atoms with van der Waals surface area (Å²) in [5, 5.41) is 2.90. The van der Waals surface area contributed by atoms with Crippen molar-refractivity contribution in [2.45, 2.75) is 0 Å². The van der Waals surface area contributed by atoms with Gasteiger partial charge in [-0.15, -0.1) is 46.6 Å². The van der Waals surface area contributed by atoms with E-state index < -0.39 is 7.25 Å². The van der Waals surface area contributed by atoms with Crippen molar-refractivity contribution in [3.63, 3.8) is 0 Å². The Balaban J connectivity index is 0.000000373. The van der Waals surface area contributed by atoms with Crippen LogP contribution in [-0.4, -0.2) is 7.25 Å². The fourth-order valence-corrected chi connectivity index (χ4v) is 1.35. The number of fused-ring (bicyclic) bond motifs is 1. The van der Waals surface area contributed by atoms with Gasteiger partial charge in [-0.1, -0.05) is 18.2 Å². The second-order valence-electron chi connectivity index (χ2n) is 2.87. The zero-order chi connectivity index (χ0) is 12.2. The summed E-state index contributed by atoms with van der Waals surface area (Å²) in [5.74, 6) is 0. The third-order valence-electron chi connectivity index (χ3n) is 1.65. The zero-order valence-corrected chi connectivity index (χ0v) is 12.8. The molecule has 0 saturated heterocycles. The van der Waals surface area contributed by atoms with E-state index in [4.69, 9.17) is 11.6 Å². The molecular weight excluding hydrogens is 281 g/mol. The van der Waals surface area contributed by atoms with Crippen LogP contribution in [0.4, 0.5) is 17.3 Å². The summed E-state index contributed by atoms with van der Waals surface area (Å²) in [4.78, 5) is 0. The van der Waals surface area contributed by atoms with Crippen molar-refractivity contribution in [2.75, 3.05) is 0 Å². The molecule has 17 heavy (non-hydrogen) atoms. The van der Waals surface area contributed by atoms with E-state index in [1.807, 2.05) is 36.4 Å². The van der Waals surface area contributed by atoms with Crippen LogP contribution in [0.3, 0.4) is 0 Å². The van der Waals surface area contributed by atoms with Gasteiger partial charge in [-0.2, -0.15) is 0 Å². The van der Waals surface area contributed by atoms with Crippen LogP contribution >= 0.6 is 11.6 Å². The number of hydrogen-bond donors (Lipinski definition) is 0. The molecule has 0 saturated carbocycles. The summed E-state index contributed by atoms with van der Waals surface area (Å²) < 4.78 is 39.0. The molecule has 0 fully saturated rings. The normalized spacial score (nSPS) is 10.2. The van der Waals surface area contributed by atoms with Crippen molar-refractivity contribution in [1.82, 2.24) is 0 Å². The van der Waals surface area contributed by atoms with Gasteiger partial charge in [0.15, 0.2) is 0 Å². The first-order valence-corrected chi connectivity index (χ1v) is 4.68. The quantitative estimate of drug-likeness (QED) is 0.392. The van der Waals surface area contributed by atoms with Gasteiger partial charge in [0.2, 0.25) is 0 Å². The van der Waals surface area contributed by atoms with Crippen LogP contribution in [0.15, 0.2) is 36.4 Å². The summed E-state index contributed by atoms with van der Waals surface area (Å²) in [6, 6.07) is 14.8. The smallest absolute Gasteiger partial charge is 0.418 e. The van der Waals surface area contributed by atoms with Crippen LogP contribution in [-0.2, 0) is 0 Å². The molecule has 2 aromatic rings. The summed E-state index contributed by atoms with van der Waals surface area (Å²) in [6.07, 6.45) is 0. The average Bonchev–Trinajstić information content (AvgIpc) is 2.16. The molecule has 0 spiro atoms. The molecule has 0 aliphatic heterocycles. The minimum absolute atomic E-state index is 0. The van der Waals surface area contributed by atoms with Gasteiger partial charge < -0.3 is 17.3 Å². The zero-order valence-electron chi connectivity index (χ0n) is 8.93. The maximum atomic E-state index is 9.75. The van der Waals surface area contributed by atoms with Gasteiger partial charge in [0.25, 0.3) is 0 Å². The van der Waals surface area contributed by atoms with Crippen LogP contribution in [0.25, 0.3) is 10.8 Å². The fourth-order valence-electron chi connectivity index (χ4n) is 1.12. The molecule has 7 heteroatoms. The summed E-state index contributed by atoms with van der Waals surface area (Å²) >= 11 is 5.93. The molecular formula is C10H6BClF4K-. The standard InChI is InChI=1S/C10H6Cl.BF4.K/c11-10-7-3-5-8-4-1-2-6-9(8)10;2-1(3,4)5;/h1-5,7H;;/q2*-1;+1. The number of hydrogen-bond acceptors (Lipinski definition) is 0. The van der Waals surface area contributed by atoms with E-state index in [1.165, 1.54) is 0 Å². The Morgan fingerprint density at radius 3 is 2.06 bits per heavy atom. The Hall–Kier alpha value is 0.411. The predicted molar refractivity (Wildman–Crippen MR) is 58.0 cm³/mol. The van der Waals surface area contributed by atoms with Crippen LogP contribution in [0, 0.1) is 6.07 Å². The second kappa shape index (κ2) is 7.76. The van der Waals surface area contributed by atoms with Gasteiger partial charge in [0.1, 0.15) is 0 Å². The molecule has 2 rings (SSSR count). The average molecular weight is 288 g/mol. The Kier molecular flexibility index (Phi) is 7.95. The Morgan fingerprint density at radius 1 is 1.00 bits per heavy atom. The van der Waals surface area contributed by atoms with E-state index in [0.717, 1.165) is 15.8 Å². The Labute approximate surface area is 144 Å². The first-order chi connectivity index (χ1) is 7.38. The summed E-state index contributed by atoms with van der Waals surface area (Å²) in [5.41, 5.74) is 0. The van der Waals surface area contributed by atoms with Gasteiger partial charge in [-0.25, -0.2) is 0 Å². The van der Waals surface area contributed by atoms with E-state index in [0.29, 0.717) is 0 Å². The molecule has 0 amide bonds. The molecule has 0 nitrogen and oxygen atoms in total. The van der Waals surface area contributed by atoms with Crippen LogP contribution < -0.4 is 51.4 Å². The van der Waals surface area contributed by atoms with Crippen LogP contribution in [0.1, 0.15) is 0 Å². The predicted octanol–water partition coefficient (Wildman–Crippen LogP) is 1.60. The molecule has 0 aliphatic rings. The first-order valence-electron chi connectivity index (χ1n) is 4.30. The van der Waals surface area contributed by atoms with Crippen LogP contribution in [0.5, 0.6) is 0 Å². The van der Waals surface area contributed by atoms with E-state index >= 15 is 0 Å². The van der Waals surface area contributed by atoms with Crippen molar-refractivity contribution in [3.05, 3.63) is 47.5 Å². The number of rotatable bonds is 0. The monoisotopic (exact) mass is 287 g/mol. The Morgan fingerprint density at radius 2 is 1.53 bits per heavy atom. The van der Waals surface area contributed by atoms with Crippen molar-refractivity contribution in [2.24, 2.45) is 0 Å². The van der Waals surface area contributed by atoms with Gasteiger partial charge in [0, 0.05) is 0 Å². The molecule has 0 radical (unpaired) electrons. The van der Waals surface area contributed by atoms with E-state index in [-0.39, 0.29) is 51.4 Å². The topological polar surface area (TPSA) is 0 Å². The van der Waals surface area contributed by atoms with E-state index in [2.05, 4.69) is 6.07 Å². The molecule has 0 bridgehead atoms. The third-order valence-corrected chi connectivity index (χ3v) is 1.96. The van der Waals surface area contributed by atoms with Crippen LogP contribution in [0.2, 0.25) is 5.02 Å². The maximum Gasteiger partial charge on any atom is 1.00 e. The van der Waals surface area contributed by atoms with E-state index in [9.17, 15) is 17.3 Å². The number of halogens is 5. The maximum absolute atomic E-state index is 9.75. The van der Waals surface area contributed by atoms with Crippen molar-refractivity contribution in [3.8, 4) is 0 Å². The molecule has 0 aliphatic carbocycles. The molecule has 0 aromatic heterocycles. The van der Waals surface area contributed by atoms with Crippen molar-refractivity contribution < 1.29 is 68.6 Å². The summed E-state index contributed by atoms with van der Waals surface area (Å²) in [7, 11) is -6.00. The van der Waals surface area contributed by atoms with Gasteiger partial charge in [0.05, 0.1) is 0 Å². The van der Waals surface area contributed by atoms with Gasteiger partial charge >= 0.3 is 58.6 Å². The molecule has 86 valence electrons. The molecule has 2 aromatic carbocycles. The van der Waals surface area contributed by atoms with Gasteiger partial charge in [-0.05, 0) is 5.02 Å². The van der Waals surface area contributed by atoms with E-state index in [1.54, 1.807) is 0 Å². The van der Waals surface area contributed by atoms with Crippen molar-refractivity contribution in [1.29, 1.82) is 0 Å². The van der Waals surface area contributed by atoms with Crippen molar-refractivity contribution >= 4 is 29.6 Å². The third kappa shape index (κ3) is 7.43. The first kappa shape index (κ1) is 17.4. The summed E-state index contributed by atoms with van der Waals surface area (Å²) in [6.45, 7) is 0. The molecule has 0 heterocycles. The second-order valence-corrected chi connectivity index (χ2v) is 3.28. The number of benzene rings is 2. The molecule has 0 N–H and O–H groups in total. The fraction of sp³-hybridized carbons (Fsp3) is 0. The minimum Gasteiger partial charge on any atom is -0.418 e. The minimum atomic E-state index is -6.00. The molecule has 0 unspecified atom stereocenters. The largest absolute Gasteiger partial charge is 1.00 e.